The number of carbonyl (C=O) groups excluding carboxylic acids is 3. The third-order valence-corrected chi connectivity index (χ3v) is 2.93. The van der Waals surface area contributed by atoms with Gasteiger partial charge in [0.25, 0.3) is 0 Å². The van der Waals surface area contributed by atoms with Gasteiger partial charge < -0.3 is 16.0 Å². The summed E-state index contributed by atoms with van der Waals surface area (Å²) in [6, 6.07) is -0.782. The van der Waals surface area contributed by atoms with E-state index in [1.54, 1.807) is 20.8 Å². The van der Waals surface area contributed by atoms with Crippen LogP contribution in [-0.2, 0) is 14.4 Å². The van der Waals surface area contributed by atoms with Crippen LogP contribution in [0.5, 0.6) is 0 Å². The molecule has 0 aliphatic rings. The molecule has 0 unspecified atom stereocenters. The number of amides is 2. The first-order valence-corrected chi connectivity index (χ1v) is 6.35. The van der Waals surface area contributed by atoms with Gasteiger partial charge in [0.15, 0.2) is 0 Å². The zero-order valence-electron chi connectivity index (χ0n) is 12.4. The lowest BCUT2D eigenvalue weighted by atomic mass is 9.86. The second-order valence-electron chi connectivity index (χ2n) is 5.60. The molecule has 0 aliphatic carbocycles. The second-order valence-corrected chi connectivity index (χ2v) is 5.60. The van der Waals surface area contributed by atoms with Gasteiger partial charge in [0.2, 0.25) is 11.8 Å². The molecular weight excluding hydrogens is 246 g/mol. The Morgan fingerprint density at radius 2 is 1.79 bits per heavy atom. The minimum atomic E-state index is -0.782. The van der Waals surface area contributed by atoms with E-state index in [0.29, 0.717) is 13.1 Å². The van der Waals surface area contributed by atoms with Crippen molar-refractivity contribution >= 4 is 17.6 Å². The van der Waals surface area contributed by atoms with Gasteiger partial charge in [-0.25, -0.2) is 0 Å². The Labute approximate surface area is 114 Å². The molecule has 3 N–H and O–H groups in total. The zero-order chi connectivity index (χ0) is 15.2. The van der Waals surface area contributed by atoms with E-state index < -0.39 is 11.5 Å². The molecule has 0 fully saturated rings. The van der Waals surface area contributed by atoms with E-state index in [-0.39, 0.29) is 24.0 Å². The van der Waals surface area contributed by atoms with Crippen molar-refractivity contribution in [2.24, 2.45) is 11.1 Å². The number of Topliss-reactive ketones (excluding diaryl/α,β-unsaturated/α-hetero) is 1. The van der Waals surface area contributed by atoms with Crippen LogP contribution in [-0.4, -0.2) is 48.7 Å². The molecule has 0 aliphatic heterocycles. The van der Waals surface area contributed by atoms with Gasteiger partial charge in [-0.05, 0) is 0 Å². The lowest BCUT2D eigenvalue weighted by Gasteiger charge is -2.28. The highest BCUT2D eigenvalue weighted by atomic mass is 16.2. The Bertz CT molecular complexity index is 348. The molecular formula is C13H25N3O3. The maximum absolute atomic E-state index is 12.0. The summed E-state index contributed by atoms with van der Waals surface area (Å²) >= 11 is 0. The maximum atomic E-state index is 12.0. The first-order valence-electron chi connectivity index (χ1n) is 6.35. The highest BCUT2D eigenvalue weighted by Crippen LogP contribution is 2.19. The quantitative estimate of drug-likeness (QED) is 0.706. The lowest BCUT2D eigenvalue weighted by molar-refractivity contribution is -0.140. The molecule has 0 radical (unpaired) electrons. The number of nitrogens with zero attached hydrogens (tertiary/aromatic N) is 1. The predicted molar refractivity (Wildman–Crippen MR) is 73.4 cm³/mol. The topological polar surface area (TPSA) is 92.5 Å². The summed E-state index contributed by atoms with van der Waals surface area (Å²) in [6.07, 6.45) is 0.00991. The van der Waals surface area contributed by atoms with Crippen molar-refractivity contribution in [2.75, 3.05) is 20.1 Å². The van der Waals surface area contributed by atoms with E-state index in [9.17, 15) is 14.4 Å². The molecule has 0 saturated carbocycles. The number of carbonyl (C=O) groups is 3. The molecule has 2 amide bonds. The number of ketones is 1. The summed E-state index contributed by atoms with van der Waals surface area (Å²) in [5, 5.41) is 2.61. The van der Waals surface area contributed by atoms with Crippen molar-refractivity contribution < 1.29 is 14.4 Å². The minimum Gasteiger partial charge on any atom is -0.353 e. The van der Waals surface area contributed by atoms with Crippen molar-refractivity contribution in [3.05, 3.63) is 0 Å². The van der Waals surface area contributed by atoms with Crippen LogP contribution in [0.2, 0.25) is 0 Å². The first kappa shape index (κ1) is 17.6. The monoisotopic (exact) mass is 271 g/mol. The zero-order valence-corrected chi connectivity index (χ0v) is 12.4. The average Bonchev–Trinajstić information content (AvgIpc) is 2.30. The van der Waals surface area contributed by atoms with Crippen LogP contribution in [0, 0.1) is 5.41 Å². The number of rotatable bonds is 6. The molecule has 0 rings (SSSR count). The smallest absolute Gasteiger partial charge is 0.243 e. The average molecular weight is 271 g/mol. The Morgan fingerprint density at radius 1 is 1.26 bits per heavy atom. The standard InChI is InChI=1S/C13H25N3O3/c1-9(17)16(5)10(12(19)15-7-6-14)8-11(18)13(2,3)4/h10H,6-8,14H2,1-5H3,(H,15,19)/t10-/m0/s1. The van der Waals surface area contributed by atoms with Crippen molar-refractivity contribution in [2.45, 2.75) is 40.2 Å². The summed E-state index contributed by atoms with van der Waals surface area (Å²) in [5.74, 6) is -0.663. The van der Waals surface area contributed by atoms with E-state index >= 15 is 0 Å². The molecule has 0 bridgehead atoms. The summed E-state index contributed by atoms with van der Waals surface area (Å²) in [4.78, 5) is 36.7. The molecule has 0 aromatic heterocycles. The molecule has 0 saturated heterocycles. The number of nitrogens with two attached hydrogens (primary N) is 1. The van der Waals surface area contributed by atoms with Crippen molar-refractivity contribution in [1.29, 1.82) is 0 Å². The lowest BCUT2D eigenvalue weighted by Crippen LogP contribution is -2.49. The number of hydrogen-bond donors (Lipinski definition) is 2. The van der Waals surface area contributed by atoms with Crippen molar-refractivity contribution in [3.8, 4) is 0 Å². The maximum Gasteiger partial charge on any atom is 0.243 e. The fourth-order valence-electron chi connectivity index (χ4n) is 1.42. The number of hydrogen-bond acceptors (Lipinski definition) is 4. The Morgan fingerprint density at radius 3 is 2.16 bits per heavy atom. The molecule has 6 nitrogen and oxygen atoms in total. The molecule has 0 heterocycles. The second kappa shape index (κ2) is 7.23. The van der Waals surface area contributed by atoms with Gasteiger partial charge in [-0.2, -0.15) is 0 Å². The van der Waals surface area contributed by atoms with Gasteiger partial charge in [0, 0.05) is 38.9 Å². The molecule has 6 heteroatoms. The molecule has 0 spiro atoms. The third-order valence-electron chi connectivity index (χ3n) is 2.93. The molecule has 1 atom stereocenters. The van der Waals surface area contributed by atoms with Crippen LogP contribution in [0.25, 0.3) is 0 Å². The van der Waals surface area contributed by atoms with E-state index in [1.807, 2.05) is 0 Å². The predicted octanol–water partition coefficient (Wildman–Crippen LogP) is -0.0865. The minimum absolute atomic E-state index is 0.00991. The fourth-order valence-corrected chi connectivity index (χ4v) is 1.42. The molecule has 0 aromatic carbocycles. The van der Waals surface area contributed by atoms with Gasteiger partial charge in [-0.3, -0.25) is 14.4 Å². The largest absolute Gasteiger partial charge is 0.353 e. The SMILES string of the molecule is CC(=O)N(C)[C@@H](CC(=O)C(C)(C)C)C(=O)NCCN. The first-order chi connectivity index (χ1) is 8.61. The van der Waals surface area contributed by atoms with Gasteiger partial charge in [0.05, 0.1) is 0 Å². The van der Waals surface area contributed by atoms with Gasteiger partial charge in [-0.1, -0.05) is 20.8 Å². The van der Waals surface area contributed by atoms with E-state index in [0.717, 1.165) is 0 Å². The summed E-state index contributed by atoms with van der Waals surface area (Å²) in [5.41, 5.74) is 4.78. The van der Waals surface area contributed by atoms with E-state index in [1.165, 1.54) is 18.9 Å². The van der Waals surface area contributed by atoms with Crippen LogP contribution in [0.4, 0.5) is 0 Å². The highest BCUT2D eigenvalue weighted by Gasteiger charge is 2.31. The molecule has 110 valence electrons. The molecule has 0 aromatic rings. The van der Waals surface area contributed by atoms with Gasteiger partial charge in [0.1, 0.15) is 11.8 Å². The normalized spacial score (nSPS) is 12.7. The van der Waals surface area contributed by atoms with Crippen molar-refractivity contribution in [1.82, 2.24) is 10.2 Å². The van der Waals surface area contributed by atoms with E-state index in [2.05, 4.69) is 5.32 Å². The summed E-state index contributed by atoms with van der Waals surface area (Å²) < 4.78 is 0. The van der Waals surface area contributed by atoms with Gasteiger partial charge in [-0.15, -0.1) is 0 Å². The third kappa shape index (κ3) is 5.83. The highest BCUT2D eigenvalue weighted by molar-refractivity contribution is 5.93. The van der Waals surface area contributed by atoms with Crippen LogP contribution >= 0.6 is 0 Å². The Hall–Kier alpha value is -1.43. The van der Waals surface area contributed by atoms with Crippen LogP contribution in [0.15, 0.2) is 0 Å². The Kier molecular flexibility index (Phi) is 6.69. The van der Waals surface area contributed by atoms with Crippen LogP contribution in [0.1, 0.15) is 34.1 Å². The number of likely N-dealkylation sites (N-methyl/N-ethyl adjacent to an activating group) is 1. The summed E-state index contributed by atoms with van der Waals surface area (Å²) in [7, 11) is 1.52. The van der Waals surface area contributed by atoms with E-state index in [4.69, 9.17) is 5.73 Å². The summed E-state index contributed by atoms with van der Waals surface area (Å²) in [6.45, 7) is 7.37. The van der Waals surface area contributed by atoms with Gasteiger partial charge >= 0.3 is 0 Å². The molecule has 19 heavy (non-hydrogen) atoms. The number of nitrogens with one attached hydrogen (secondary N) is 1. The van der Waals surface area contributed by atoms with Crippen molar-refractivity contribution in [3.63, 3.8) is 0 Å². The van der Waals surface area contributed by atoms with Crippen LogP contribution < -0.4 is 11.1 Å². The fraction of sp³-hybridized carbons (Fsp3) is 0.769. The van der Waals surface area contributed by atoms with Crippen LogP contribution in [0.3, 0.4) is 0 Å². The Balaban J connectivity index is 4.92.